The van der Waals surface area contributed by atoms with Gasteiger partial charge in [0, 0.05) is 11.5 Å². The molecule has 0 saturated heterocycles. The predicted octanol–water partition coefficient (Wildman–Crippen LogP) is 5.21. The van der Waals surface area contributed by atoms with E-state index in [4.69, 9.17) is 32.4 Å². The van der Waals surface area contributed by atoms with E-state index < -0.39 is 27.7 Å². The van der Waals surface area contributed by atoms with Crippen LogP contribution in [-0.2, 0) is 21.2 Å². The second-order valence-electron chi connectivity index (χ2n) is 8.21. The van der Waals surface area contributed by atoms with Gasteiger partial charge in [0.15, 0.2) is 5.75 Å². The standard InChI is InChI=1S/C26H21Cl2NO6S/c1-15-8-10-18(11-9-15)36(32,33)29-21(12-17-6-4-3-5-7-17)25(30)35-23-14-22-19(13-20(23)27)16(2)24(28)26(31)34-22/h3-11,13-14,21,29H,12H2,1-2H3. The summed E-state index contributed by atoms with van der Waals surface area (Å²) in [5.74, 6) is -0.976. The van der Waals surface area contributed by atoms with Crippen LogP contribution in [0, 0.1) is 13.8 Å². The summed E-state index contributed by atoms with van der Waals surface area (Å²) in [5, 5.41) is 0.464. The van der Waals surface area contributed by atoms with Crippen molar-refractivity contribution < 1.29 is 22.4 Å². The van der Waals surface area contributed by atoms with Crippen LogP contribution in [0.25, 0.3) is 11.0 Å². The van der Waals surface area contributed by atoms with E-state index in [0.717, 1.165) is 5.56 Å². The Morgan fingerprint density at radius 1 is 1.03 bits per heavy atom. The summed E-state index contributed by atoms with van der Waals surface area (Å²) in [6.07, 6.45) is 0.0275. The molecular formula is C26H21Cl2NO6S. The van der Waals surface area contributed by atoms with Crippen LogP contribution >= 0.6 is 23.2 Å². The maximum atomic E-state index is 13.2. The maximum Gasteiger partial charge on any atom is 0.355 e. The Kier molecular flexibility index (Phi) is 7.51. The smallest absolute Gasteiger partial charge is 0.355 e. The molecule has 4 rings (SSSR count). The number of benzene rings is 3. The van der Waals surface area contributed by atoms with Crippen LogP contribution in [0.3, 0.4) is 0 Å². The zero-order valence-corrected chi connectivity index (χ0v) is 21.6. The van der Waals surface area contributed by atoms with E-state index in [-0.39, 0.29) is 32.7 Å². The van der Waals surface area contributed by atoms with Crippen molar-refractivity contribution in [1.82, 2.24) is 4.72 Å². The van der Waals surface area contributed by atoms with E-state index in [2.05, 4.69) is 4.72 Å². The summed E-state index contributed by atoms with van der Waals surface area (Å²) in [4.78, 5) is 25.2. The summed E-state index contributed by atoms with van der Waals surface area (Å²) in [5.41, 5.74) is 1.45. The Morgan fingerprint density at radius 2 is 1.69 bits per heavy atom. The summed E-state index contributed by atoms with van der Waals surface area (Å²) in [7, 11) is -4.05. The van der Waals surface area contributed by atoms with Crippen molar-refractivity contribution >= 4 is 50.2 Å². The zero-order chi connectivity index (χ0) is 26.0. The lowest BCUT2D eigenvalue weighted by Crippen LogP contribution is -2.44. The molecule has 0 aliphatic rings. The molecule has 0 aliphatic heterocycles. The molecule has 1 N–H and O–H groups in total. The van der Waals surface area contributed by atoms with Crippen LogP contribution < -0.4 is 15.1 Å². The molecule has 1 aromatic heterocycles. The fourth-order valence-corrected chi connectivity index (χ4v) is 5.11. The fourth-order valence-electron chi connectivity index (χ4n) is 3.58. The number of halogens is 2. The third-order valence-corrected chi connectivity index (χ3v) is 7.78. The molecule has 0 radical (unpaired) electrons. The van der Waals surface area contributed by atoms with Gasteiger partial charge in [-0.2, -0.15) is 4.72 Å². The third-order valence-electron chi connectivity index (χ3n) is 5.56. The molecule has 186 valence electrons. The quantitative estimate of drug-likeness (QED) is 0.194. The van der Waals surface area contributed by atoms with Gasteiger partial charge in [0.05, 0.1) is 9.92 Å². The molecular weight excluding hydrogens is 525 g/mol. The second kappa shape index (κ2) is 10.4. The van der Waals surface area contributed by atoms with Crippen LogP contribution in [0.1, 0.15) is 16.7 Å². The molecule has 0 fully saturated rings. The highest BCUT2D eigenvalue weighted by Gasteiger charge is 2.28. The lowest BCUT2D eigenvalue weighted by molar-refractivity contribution is -0.136. The first-order valence-electron chi connectivity index (χ1n) is 10.8. The number of carbonyl (C=O) groups excluding carboxylic acids is 1. The zero-order valence-electron chi connectivity index (χ0n) is 19.2. The number of nitrogens with one attached hydrogen (secondary N) is 1. The predicted molar refractivity (Wildman–Crippen MR) is 138 cm³/mol. The number of sulfonamides is 1. The number of hydrogen-bond acceptors (Lipinski definition) is 6. The summed E-state index contributed by atoms with van der Waals surface area (Å²) in [6.45, 7) is 3.48. The number of aryl methyl sites for hydroxylation is 2. The highest BCUT2D eigenvalue weighted by molar-refractivity contribution is 7.89. The number of rotatable bonds is 7. The molecule has 0 spiro atoms. The van der Waals surface area contributed by atoms with Gasteiger partial charge in [-0.15, -0.1) is 0 Å². The van der Waals surface area contributed by atoms with Crippen molar-refractivity contribution in [2.45, 2.75) is 31.2 Å². The third kappa shape index (κ3) is 5.63. The monoisotopic (exact) mass is 545 g/mol. The van der Waals surface area contributed by atoms with Gasteiger partial charge in [-0.3, -0.25) is 0 Å². The summed E-state index contributed by atoms with van der Waals surface area (Å²) < 4.78 is 39.2. The molecule has 1 heterocycles. The highest BCUT2D eigenvalue weighted by atomic mass is 35.5. The Morgan fingerprint density at radius 3 is 2.36 bits per heavy atom. The summed E-state index contributed by atoms with van der Waals surface area (Å²) >= 11 is 12.3. The van der Waals surface area contributed by atoms with Gasteiger partial charge in [-0.1, -0.05) is 71.2 Å². The minimum atomic E-state index is -4.05. The van der Waals surface area contributed by atoms with E-state index >= 15 is 0 Å². The molecule has 3 aromatic carbocycles. The molecule has 1 atom stereocenters. The first kappa shape index (κ1) is 25.9. The number of hydrogen-bond donors (Lipinski definition) is 1. The van der Waals surface area contributed by atoms with Gasteiger partial charge < -0.3 is 9.15 Å². The SMILES string of the molecule is Cc1ccc(S(=O)(=O)NC(Cc2ccccc2)C(=O)Oc2cc3oc(=O)c(Cl)c(C)c3cc2Cl)cc1. The first-order chi connectivity index (χ1) is 17.0. The first-order valence-corrected chi connectivity index (χ1v) is 13.1. The largest absolute Gasteiger partial charge is 0.424 e. The lowest BCUT2D eigenvalue weighted by Gasteiger charge is -2.18. The number of carbonyl (C=O) groups is 1. The van der Waals surface area contributed by atoms with Gasteiger partial charge in [0.1, 0.15) is 16.6 Å². The minimum absolute atomic E-state index is 0.0110. The van der Waals surface area contributed by atoms with Crippen molar-refractivity contribution in [3.05, 3.63) is 104 Å². The number of fused-ring (bicyclic) bond motifs is 1. The van der Waals surface area contributed by atoms with E-state index in [9.17, 15) is 18.0 Å². The van der Waals surface area contributed by atoms with Crippen molar-refractivity contribution in [3.8, 4) is 5.75 Å². The van der Waals surface area contributed by atoms with Crippen LogP contribution in [0.15, 0.2) is 80.8 Å². The van der Waals surface area contributed by atoms with Gasteiger partial charge in [-0.05, 0) is 49.6 Å². The van der Waals surface area contributed by atoms with Gasteiger partial charge in [0.2, 0.25) is 10.0 Å². The van der Waals surface area contributed by atoms with E-state index in [0.29, 0.717) is 16.5 Å². The Balaban J connectivity index is 1.67. The van der Waals surface area contributed by atoms with Crippen LogP contribution in [0.2, 0.25) is 10.0 Å². The van der Waals surface area contributed by atoms with Crippen molar-refractivity contribution in [2.75, 3.05) is 0 Å². The highest BCUT2D eigenvalue weighted by Crippen LogP contribution is 2.33. The summed E-state index contributed by atoms with van der Waals surface area (Å²) in [6, 6.07) is 16.6. The van der Waals surface area contributed by atoms with Crippen molar-refractivity contribution in [3.63, 3.8) is 0 Å². The topological polar surface area (TPSA) is 103 Å². The Hall–Kier alpha value is -3.17. The van der Waals surface area contributed by atoms with Gasteiger partial charge in [0.25, 0.3) is 0 Å². The van der Waals surface area contributed by atoms with Crippen LogP contribution in [-0.4, -0.2) is 20.4 Å². The van der Waals surface area contributed by atoms with E-state index in [1.807, 2.05) is 13.0 Å². The number of esters is 1. The Bertz CT molecular complexity index is 1600. The molecule has 4 aromatic rings. The number of ether oxygens (including phenoxy) is 1. The normalized spacial score (nSPS) is 12.4. The van der Waals surface area contributed by atoms with Gasteiger partial charge in [-0.25, -0.2) is 18.0 Å². The molecule has 1 unspecified atom stereocenters. The maximum absolute atomic E-state index is 13.2. The lowest BCUT2D eigenvalue weighted by atomic mass is 10.1. The molecule has 0 amide bonds. The molecule has 0 saturated carbocycles. The molecule has 0 bridgehead atoms. The average molecular weight is 546 g/mol. The minimum Gasteiger partial charge on any atom is -0.424 e. The molecule has 10 heteroatoms. The molecule has 36 heavy (non-hydrogen) atoms. The molecule has 0 aliphatic carbocycles. The van der Waals surface area contributed by atoms with Crippen LogP contribution in [0.5, 0.6) is 5.75 Å². The average Bonchev–Trinajstić information content (AvgIpc) is 2.84. The van der Waals surface area contributed by atoms with Crippen molar-refractivity contribution in [1.29, 1.82) is 0 Å². The molecule has 7 nitrogen and oxygen atoms in total. The second-order valence-corrected chi connectivity index (χ2v) is 10.7. The van der Waals surface area contributed by atoms with Gasteiger partial charge >= 0.3 is 11.6 Å². The van der Waals surface area contributed by atoms with Crippen molar-refractivity contribution in [2.24, 2.45) is 0 Å². The van der Waals surface area contributed by atoms with Crippen LogP contribution in [0.4, 0.5) is 0 Å². The Labute approximate surface area is 217 Å². The van der Waals surface area contributed by atoms with E-state index in [1.165, 1.54) is 24.3 Å². The fraction of sp³-hybridized carbons (Fsp3) is 0.154. The van der Waals surface area contributed by atoms with E-state index in [1.54, 1.807) is 43.3 Å².